The van der Waals surface area contributed by atoms with Crippen molar-refractivity contribution in [2.75, 3.05) is 0 Å². The van der Waals surface area contributed by atoms with E-state index in [0.717, 1.165) is 0 Å². The molecule has 1 heterocycles. The number of amides is 1. The molecule has 146 valence electrons. The van der Waals surface area contributed by atoms with E-state index in [9.17, 15) is 14.0 Å². The maximum atomic E-state index is 13.7. The maximum Gasteiger partial charge on any atom is 0.261 e. The zero-order chi connectivity index (χ0) is 20.4. The third-order valence-electron chi connectivity index (χ3n) is 4.90. The summed E-state index contributed by atoms with van der Waals surface area (Å²) < 4.78 is 15.2. The van der Waals surface area contributed by atoms with Gasteiger partial charge < -0.3 is 4.90 Å². The maximum absolute atomic E-state index is 13.7. The molecule has 0 bridgehead atoms. The highest BCUT2D eigenvalue weighted by Crippen LogP contribution is 2.27. The van der Waals surface area contributed by atoms with Gasteiger partial charge in [-0.1, -0.05) is 25.1 Å². The fourth-order valence-corrected chi connectivity index (χ4v) is 3.54. The van der Waals surface area contributed by atoms with Crippen LogP contribution in [0.5, 0.6) is 0 Å². The normalized spacial score (nSPS) is 12.4. The van der Waals surface area contributed by atoms with Crippen LogP contribution in [-0.2, 0) is 7.05 Å². The summed E-state index contributed by atoms with van der Waals surface area (Å²) in [5, 5.41) is 0.538. The third-order valence-corrected chi connectivity index (χ3v) is 4.90. The molecule has 6 heteroatoms. The van der Waals surface area contributed by atoms with E-state index in [-0.39, 0.29) is 23.1 Å². The molecule has 1 atom stereocenters. The lowest BCUT2D eigenvalue weighted by Crippen LogP contribution is -2.42. The summed E-state index contributed by atoms with van der Waals surface area (Å²) in [6.07, 6.45) is 0.567. The fraction of sp³-hybridized carbons (Fsp3) is 0.318. The molecule has 3 aromatic rings. The van der Waals surface area contributed by atoms with E-state index in [1.807, 2.05) is 26.8 Å². The van der Waals surface area contributed by atoms with Gasteiger partial charge in [0, 0.05) is 18.7 Å². The quantitative estimate of drug-likeness (QED) is 0.669. The minimum atomic E-state index is -0.459. The molecule has 1 amide bonds. The molecule has 0 N–H and O–H groups in total. The first kappa shape index (κ1) is 19.7. The van der Waals surface area contributed by atoms with Gasteiger partial charge in [0.2, 0.25) is 0 Å². The molecular weight excluding hydrogens is 357 g/mol. The molecule has 0 saturated carbocycles. The highest BCUT2D eigenvalue weighted by Gasteiger charge is 2.30. The molecule has 0 aliphatic rings. The van der Waals surface area contributed by atoms with Crippen molar-refractivity contribution < 1.29 is 9.18 Å². The van der Waals surface area contributed by atoms with Crippen LogP contribution in [0.3, 0.4) is 0 Å². The molecule has 1 aromatic heterocycles. The molecule has 0 aliphatic carbocycles. The fourth-order valence-electron chi connectivity index (χ4n) is 3.54. The van der Waals surface area contributed by atoms with E-state index < -0.39 is 11.9 Å². The van der Waals surface area contributed by atoms with Crippen LogP contribution in [0.4, 0.5) is 4.39 Å². The number of hydrogen-bond acceptors (Lipinski definition) is 3. The molecule has 3 rings (SSSR count). The summed E-state index contributed by atoms with van der Waals surface area (Å²) in [4.78, 5) is 32.4. The summed E-state index contributed by atoms with van der Waals surface area (Å²) in [5.41, 5.74) is 0.722. The number of fused-ring (bicyclic) bond motifs is 1. The van der Waals surface area contributed by atoms with Crippen molar-refractivity contribution in [3.05, 3.63) is 76.1 Å². The van der Waals surface area contributed by atoms with E-state index in [2.05, 4.69) is 0 Å². The lowest BCUT2D eigenvalue weighted by molar-refractivity contribution is 0.0583. The number of benzene rings is 2. The number of carbonyl (C=O) groups is 1. The van der Waals surface area contributed by atoms with Crippen LogP contribution in [-0.4, -0.2) is 26.4 Å². The van der Waals surface area contributed by atoms with Gasteiger partial charge in [-0.3, -0.25) is 14.2 Å². The Balaban J connectivity index is 2.14. The van der Waals surface area contributed by atoms with E-state index in [1.165, 1.54) is 22.8 Å². The molecule has 1 unspecified atom stereocenters. The number of aromatic nitrogens is 2. The van der Waals surface area contributed by atoms with E-state index in [0.29, 0.717) is 23.1 Å². The Hall–Kier alpha value is -3.02. The van der Waals surface area contributed by atoms with E-state index >= 15 is 0 Å². The van der Waals surface area contributed by atoms with E-state index in [4.69, 9.17) is 4.98 Å². The van der Waals surface area contributed by atoms with Gasteiger partial charge in [0.25, 0.3) is 11.5 Å². The highest BCUT2D eigenvalue weighted by molar-refractivity contribution is 5.94. The molecule has 0 saturated heterocycles. The van der Waals surface area contributed by atoms with Crippen molar-refractivity contribution in [1.82, 2.24) is 14.5 Å². The van der Waals surface area contributed by atoms with Crippen LogP contribution in [0.2, 0.25) is 0 Å². The molecular formula is C22H24FN3O2. The van der Waals surface area contributed by atoms with Crippen molar-refractivity contribution >= 4 is 16.8 Å². The minimum absolute atomic E-state index is 0.152. The van der Waals surface area contributed by atoms with E-state index in [1.54, 1.807) is 36.2 Å². The van der Waals surface area contributed by atoms with Crippen molar-refractivity contribution in [3.63, 3.8) is 0 Å². The summed E-state index contributed by atoms with van der Waals surface area (Å²) in [6.45, 7) is 5.75. The van der Waals surface area contributed by atoms with Gasteiger partial charge in [-0.25, -0.2) is 9.37 Å². The van der Waals surface area contributed by atoms with Crippen molar-refractivity contribution in [2.45, 2.75) is 39.3 Å². The zero-order valence-electron chi connectivity index (χ0n) is 16.5. The predicted molar refractivity (Wildman–Crippen MR) is 108 cm³/mol. The van der Waals surface area contributed by atoms with Crippen LogP contribution in [0, 0.1) is 5.82 Å². The predicted octanol–water partition coefficient (Wildman–Crippen LogP) is 4.07. The Kier molecular flexibility index (Phi) is 5.58. The zero-order valence-corrected chi connectivity index (χ0v) is 16.5. The highest BCUT2D eigenvalue weighted by atomic mass is 19.1. The van der Waals surface area contributed by atoms with Crippen LogP contribution in [0.25, 0.3) is 10.9 Å². The Labute approximate surface area is 163 Å². The number of para-hydroxylation sites is 1. The minimum Gasteiger partial charge on any atom is -0.326 e. The second-order valence-electron chi connectivity index (χ2n) is 7.09. The van der Waals surface area contributed by atoms with Crippen LogP contribution < -0.4 is 5.56 Å². The Morgan fingerprint density at radius 2 is 1.89 bits per heavy atom. The average Bonchev–Trinajstić information content (AvgIpc) is 2.68. The molecule has 0 aliphatic heterocycles. The summed E-state index contributed by atoms with van der Waals surface area (Å²) in [6, 6.07) is 12.2. The van der Waals surface area contributed by atoms with Crippen molar-refractivity contribution in [2.24, 2.45) is 7.05 Å². The van der Waals surface area contributed by atoms with Gasteiger partial charge >= 0.3 is 0 Å². The van der Waals surface area contributed by atoms with Gasteiger partial charge in [-0.05, 0) is 50.6 Å². The average molecular weight is 381 g/mol. The smallest absolute Gasteiger partial charge is 0.261 e. The second-order valence-corrected chi connectivity index (χ2v) is 7.09. The van der Waals surface area contributed by atoms with Gasteiger partial charge in [0.05, 0.1) is 16.9 Å². The lowest BCUT2D eigenvalue weighted by Gasteiger charge is -2.35. The first-order valence-electron chi connectivity index (χ1n) is 9.39. The molecule has 0 radical (unpaired) electrons. The molecule has 0 fully saturated rings. The van der Waals surface area contributed by atoms with Gasteiger partial charge in [-0.2, -0.15) is 0 Å². The van der Waals surface area contributed by atoms with Crippen LogP contribution in [0.1, 0.15) is 49.4 Å². The van der Waals surface area contributed by atoms with Crippen molar-refractivity contribution in [3.8, 4) is 0 Å². The van der Waals surface area contributed by atoms with Gasteiger partial charge in [0.1, 0.15) is 11.6 Å². The number of hydrogen-bond donors (Lipinski definition) is 0. The molecule has 5 nitrogen and oxygen atoms in total. The monoisotopic (exact) mass is 381 g/mol. The van der Waals surface area contributed by atoms with Gasteiger partial charge in [-0.15, -0.1) is 0 Å². The summed E-state index contributed by atoms with van der Waals surface area (Å²) >= 11 is 0. The van der Waals surface area contributed by atoms with Crippen LogP contribution in [0.15, 0.2) is 53.3 Å². The van der Waals surface area contributed by atoms with Gasteiger partial charge in [0.15, 0.2) is 0 Å². The Morgan fingerprint density at radius 3 is 2.54 bits per heavy atom. The lowest BCUT2D eigenvalue weighted by atomic mass is 10.1. The number of nitrogens with zero attached hydrogens (tertiary/aromatic N) is 3. The first-order chi connectivity index (χ1) is 13.3. The summed E-state index contributed by atoms with van der Waals surface area (Å²) in [7, 11) is 1.67. The topological polar surface area (TPSA) is 55.2 Å². The molecule has 2 aromatic carbocycles. The second kappa shape index (κ2) is 7.92. The largest absolute Gasteiger partial charge is 0.326 e. The summed E-state index contributed by atoms with van der Waals surface area (Å²) in [5.74, 6) is -0.229. The molecule has 0 spiro atoms. The van der Waals surface area contributed by atoms with Crippen molar-refractivity contribution in [1.29, 1.82) is 0 Å². The standard InChI is InChI=1S/C22H24FN3O2/c1-5-19(20-24-18-12-7-6-11-17(18)22(28)25(20)4)26(14(2)3)21(27)15-9-8-10-16(23)13-15/h6-14,19H,5H2,1-4H3. The SMILES string of the molecule is CCC(c1nc2ccccc2c(=O)n1C)N(C(=O)c1cccc(F)c1)C(C)C. The number of carbonyl (C=O) groups excluding carboxylic acids is 1. The van der Waals surface area contributed by atoms with Crippen LogP contribution >= 0.6 is 0 Å². The number of rotatable bonds is 5. The first-order valence-corrected chi connectivity index (χ1v) is 9.39. The number of halogens is 1. The Bertz CT molecular complexity index is 1070. The Morgan fingerprint density at radius 1 is 1.18 bits per heavy atom. The third kappa shape index (κ3) is 3.54. The molecule has 28 heavy (non-hydrogen) atoms.